The minimum atomic E-state index is -0.0915. The fourth-order valence-electron chi connectivity index (χ4n) is 1.88. The molecule has 0 radical (unpaired) electrons. The third-order valence-electron chi connectivity index (χ3n) is 3.08. The number of carbonyl (C=O) groups is 1. The number of amides is 1. The standard InChI is InChI=1S/C14H20N2O4/c1-18-11-6-10(7-12(19-2)14(11)20-3)16-13(17)8-15-9-4-5-9/h6-7,9,15H,4-5,8H2,1-3H3,(H,16,17). The van der Waals surface area contributed by atoms with Crippen molar-refractivity contribution in [1.82, 2.24) is 5.32 Å². The van der Waals surface area contributed by atoms with Crippen LogP contribution in [0.2, 0.25) is 0 Å². The molecule has 0 unspecified atom stereocenters. The van der Waals surface area contributed by atoms with E-state index in [1.54, 1.807) is 12.1 Å². The van der Waals surface area contributed by atoms with E-state index in [4.69, 9.17) is 14.2 Å². The highest BCUT2D eigenvalue weighted by atomic mass is 16.5. The first-order chi connectivity index (χ1) is 9.67. The van der Waals surface area contributed by atoms with Crippen LogP contribution >= 0.6 is 0 Å². The molecular weight excluding hydrogens is 260 g/mol. The minimum absolute atomic E-state index is 0.0915. The van der Waals surface area contributed by atoms with Gasteiger partial charge in [-0.25, -0.2) is 0 Å². The van der Waals surface area contributed by atoms with Crippen molar-refractivity contribution in [3.63, 3.8) is 0 Å². The molecule has 20 heavy (non-hydrogen) atoms. The van der Waals surface area contributed by atoms with Crippen LogP contribution in [0.5, 0.6) is 17.2 Å². The normalized spacial score (nSPS) is 13.8. The van der Waals surface area contributed by atoms with E-state index in [0.717, 1.165) is 12.8 Å². The molecule has 0 spiro atoms. The lowest BCUT2D eigenvalue weighted by Crippen LogP contribution is -2.29. The van der Waals surface area contributed by atoms with E-state index in [0.29, 0.717) is 35.5 Å². The molecule has 1 aromatic carbocycles. The zero-order valence-corrected chi connectivity index (χ0v) is 12.0. The smallest absolute Gasteiger partial charge is 0.238 e. The van der Waals surface area contributed by atoms with E-state index in [9.17, 15) is 4.79 Å². The number of methoxy groups -OCH3 is 3. The molecule has 0 aromatic heterocycles. The minimum Gasteiger partial charge on any atom is -0.493 e. The van der Waals surface area contributed by atoms with Gasteiger partial charge in [0.25, 0.3) is 0 Å². The fourth-order valence-corrected chi connectivity index (χ4v) is 1.88. The van der Waals surface area contributed by atoms with Crippen LogP contribution in [0, 0.1) is 0 Å². The lowest BCUT2D eigenvalue weighted by molar-refractivity contribution is -0.115. The first-order valence-electron chi connectivity index (χ1n) is 6.51. The molecule has 2 N–H and O–H groups in total. The molecule has 0 aliphatic heterocycles. The maximum atomic E-state index is 11.8. The Bertz CT molecular complexity index is 461. The molecule has 0 heterocycles. The third kappa shape index (κ3) is 3.54. The maximum absolute atomic E-state index is 11.8. The number of anilines is 1. The van der Waals surface area contributed by atoms with Crippen molar-refractivity contribution in [3.05, 3.63) is 12.1 Å². The summed E-state index contributed by atoms with van der Waals surface area (Å²) < 4.78 is 15.7. The van der Waals surface area contributed by atoms with E-state index >= 15 is 0 Å². The molecule has 1 fully saturated rings. The SMILES string of the molecule is COc1cc(NC(=O)CNC2CC2)cc(OC)c1OC. The van der Waals surface area contributed by atoms with Crippen molar-refractivity contribution >= 4 is 11.6 Å². The second-order valence-corrected chi connectivity index (χ2v) is 4.62. The highest BCUT2D eigenvalue weighted by Gasteiger charge is 2.21. The van der Waals surface area contributed by atoms with E-state index in [-0.39, 0.29) is 5.91 Å². The Kier molecular flexibility index (Phi) is 4.68. The lowest BCUT2D eigenvalue weighted by Gasteiger charge is -2.14. The van der Waals surface area contributed by atoms with Gasteiger partial charge in [-0.1, -0.05) is 0 Å². The highest BCUT2D eigenvalue weighted by molar-refractivity contribution is 5.93. The molecule has 1 saturated carbocycles. The van der Waals surface area contributed by atoms with Crippen LogP contribution < -0.4 is 24.8 Å². The van der Waals surface area contributed by atoms with Gasteiger partial charge in [-0.05, 0) is 12.8 Å². The summed E-state index contributed by atoms with van der Waals surface area (Å²) in [6.45, 7) is 0.307. The summed E-state index contributed by atoms with van der Waals surface area (Å²) >= 11 is 0. The predicted octanol–water partition coefficient (Wildman–Crippen LogP) is 1.40. The Morgan fingerprint density at radius 2 is 1.75 bits per heavy atom. The Hall–Kier alpha value is -1.95. The number of hydrogen-bond acceptors (Lipinski definition) is 5. The molecule has 0 saturated heterocycles. The van der Waals surface area contributed by atoms with E-state index < -0.39 is 0 Å². The van der Waals surface area contributed by atoms with Crippen molar-refractivity contribution < 1.29 is 19.0 Å². The summed E-state index contributed by atoms with van der Waals surface area (Å²) in [5.41, 5.74) is 0.613. The van der Waals surface area contributed by atoms with Crippen molar-refractivity contribution in [2.24, 2.45) is 0 Å². The van der Waals surface area contributed by atoms with Crippen molar-refractivity contribution in [3.8, 4) is 17.2 Å². The van der Waals surface area contributed by atoms with E-state index in [1.807, 2.05) is 0 Å². The summed E-state index contributed by atoms with van der Waals surface area (Å²) in [5.74, 6) is 1.44. The van der Waals surface area contributed by atoms with Crippen LogP contribution in [0.3, 0.4) is 0 Å². The van der Waals surface area contributed by atoms with Gasteiger partial charge in [0.15, 0.2) is 11.5 Å². The Morgan fingerprint density at radius 1 is 1.15 bits per heavy atom. The highest BCUT2D eigenvalue weighted by Crippen LogP contribution is 2.39. The third-order valence-corrected chi connectivity index (χ3v) is 3.08. The van der Waals surface area contributed by atoms with Crippen LogP contribution in [-0.4, -0.2) is 39.8 Å². The van der Waals surface area contributed by atoms with Gasteiger partial charge in [-0.2, -0.15) is 0 Å². The average Bonchev–Trinajstić information content (AvgIpc) is 3.28. The number of benzene rings is 1. The predicted molar refractivity (Wildman–Crippen MR) is 75.8 cm³/mol. The number of carbonyl (C=O) groups excluding carboxylic acids is 1. The molecule has 0 bridgehead atoms. The van der Waals surface area contributed by atoms with Gasteiger partial charge in [-0.15, -0.1) is 0 Å². The number of ether oxygens (including phenoxy) is 3. The molecule has 110 valence electrons. The zero-order valence-electron chi connectivity index (χ0n) is 12.0. The van der Waals surface area contributed by atoms with Crippen LogP contribution in [0.1, 0.15) is 12.8 Å². The van der Waals surface area contributed by atoms with E-state index in [2.05, 4.69) is 10.6 Å². The Balaban J connectivity index is 2.07. The van der Waals surface area contributed by atoms with Gasteiger partial charge in [0, 0.05) is 23.9 Å². The van der Waals surface area contributed by atoms with Gasteiger partial charge in [0.1, 0.15) is 0 Å². The molecule has 6 heteroatoms. The number of rotatable bonds is 7. The van der Waals surface area contributed by atoms with Crippen molar-refractivity contribution in [2.75, 3.05) is 33.2 Å². The van der Waals surface area contributed by atoms with E-state index in [1.165, 1.54) is 21.3 Å². The summed E-state index contributed by atoms with van der Waals surface area (Å²) in [6.07, 6.45) is 2.30. The number of hydrogen-bond donors (Lipinski definition) is 2. The van der Waals surface area contributed by atoms with Crippen LogP contribution in [0.25, 0.3) is 0 Å². The molecule has 1 amide bonds. The fraction of sp³-hybridized carbons (Fsp3) is 0.500. The quantitative estimate of drug-likeness (QED) is 0.790. The monoisotopic (exact) mass is 280 g/mol. The molecule has 2 rings (SSSR count). The van der Waals surface area contributed by atoms with Crippen molar-refractivity contribution in [1.29, 1.82) is 0 Å². The van der Waals surface area contributed by atoms with Gasteiger partial charge in [0.2, 0.25) is 11.7 Å². The van der Waals surface area contributed by atoms with Crippen LogP contribution in [0.4, 0.5) is 5.69 Å². The van der Waals surface area contributed by atoms with Gasteiger partial charge >= 0.3 is 0 Å². The van der Waals surface area contributed by atoms with Crippen LogP contribution in [-0.2, 0) is 4.79 Å². The summed E-state index contributed by atoms with van der Waals surface area (Å²) in [6, 6.07) is 3.91. The Labute approximate surface area is 118 Å². The molecule has 1 aliphatic carbocycles. The molecule has 1 aromatic rings. The average molecular weight is 280 g/mol. The Morgan fingerprint density at radius 3 is 2.20 bits per heavy atom. The lowest BCUT2D eigenvalue weighted by atomic mass is 10.2. The maximum Gasteiger partial charge on any atom is 0.238 e. The molecular formula is C14H20N2O4. The van der Waals surface area contributed by atoms with Gasteiger partial charge in [-0.3, -0.25) is 4.79 Å². The van der Waals surface area contributed by atoms with Gasteiger partial charge < -0.3 is 24.8 Å². The summed E-state index contributed by atoms with van der Waals surface area (Å²) in [7, 11) is 4.62. The van der Waals surface area contributed by atoms with Crippen LogP contribution in [0.15, 0.2) is 12.1 Å². The first kappa shape index (κ1) is 14.5. The summed E-state index contributed by atoms with van der Waals surface area (Å²) in [5, 5.41) is 5.97. The first-order valence-corrected chi connectivity index (χ1v) is 6.51. The molecule has 1 aliphatic rings. The second kappa shape index (κ2) is 6.47. The largest absolute Gasteiger partial charge is 0.493 e. The number of nitrogens with one attached hydrogen (secondary N) is 2. The second-order valence-electron chi connectivity index (χ2n) is 4.62. The molecule has 0 atom stereocenters. The topological polar surface area (TPSA) is 68.8 Å². The molecule has 6 nitrogen and oxygen atoms in total. The van der Waals surface area contributed by atoms with Gasteiger partial charge in [0.05, 0.1) is 27.9 Å². The summed E-state index contributed by atoms with van der Waals surface area (Å²) in [4.78, 5) is 11.8. The van der Waals surface area contributed by atoms with Crippen molar-refractivity contribution in [2.45, 2.75) is 18.9 Å². The zero-order chi connectivity index (χ0) is 14.5.